The predicted octanol–water partition coefficient (Wildman–Crippen LogP) is 3.91. The summed E-state index contributed by atoms with van der Waals surface area (Å²) in [4.78, 5) is 26.5. The van der Waals surface area contributed by atoms with Crippen LogP contribution >= 0.6 is 15.9 Å². The van der Waals surface area contributed by atoms with E-state index in [1.165, 1.54) is 11.0 Å². The van der Waals surface area contributed by atoms with E-state index in [-0.39, 0.29) is 19.1 Å². The molecule has 0 aliphatic rings. The summed E-state index contributed by atoms with van der Waals surface area (Å²) in [5, 5.41) is 2.78. The van der Waals surface area contributed by atoms with Crippen molar-refractivity contribution in [3.05, 3.63) is 64.4 Å². The Kier molecular flexibility index (Phi) is 8.44. The van der Waals surface area contributed by atoms with Gasteiger partial charge in [-0.05, 0) is 43.7 Å². The zero-order chi connectivity index (χ0) is 20.5. The number of carbonyl (C=O) groups excluding carboxylic acids is 2. The molecule has 0 aliphatic heterocycles. The van der Waals surface area contributed by atoms with Gasteiger partial charge in [-0.25, -0.2) is 4.39 Å². The molecule has 0 bridgehead atoms. The molecule has 0 spiro atoms. The topological polar surface area (TPSA) is 58.6 Å². The van der Waals surface area contributed by atoms with Crippen molar-refractivity contribution in [3.8, 4) is 5.75 Å². The minimum atomic E-state index is -0.757. The summed E-state index contributed by atoms with van der Waals surface area (Å²) >= 11 is 3.34. The second-order valence-electron chi connectivity index (χ2n) is 6.32. The highest BCUT2D eigenvalue weighted by molar-refractivity contribution is 9.10. The lowest BCUT2D eigenvalue weighted by molar-refractivity contribution is -0.142. The van der Waals surface area contributed by atoms with Gasteiger partial charge in [0, 0.05) is 23.1 Å². The number of amides is 2. The van der Waals surface area contributed by atoms with Crippen LogP contribution < -0.4 is 10.1 Å². The number of nitrogens with one attached hydrogen (secondary N) is 1. The normalized spacial score (nSPS) is 11.6. The van der Waals surface area contributed by atoms with E-state index in [0.29, 0.717) is 17.9 Å². The molecule has 1 N–H and O–H groups in total. The van der Waals surface area contributed by atoms with E-state index in [0.717, 1.165) is 10.9 Å². The Balaban J connectivity index is 2.13. The minimum absolute atomic E-state index is 0.0179. The van der Waals surface area contributed by atoms with Crippen LogP contribution in [0.2, 0.25) is 0 Å². The Morgan fingerprint density at radius 1 is 1.18 bits per heavy atom. The highest BCUT2D eigenvalue weighted by Gasteiger charge is 2.27. The van der Waals surface area contributed by atoms with Crippen LogP contribution in [0.4, 0.5) is 4.39 Å². The Morgan fingerprint density at radius 3 is 2.50 bits per heavy atom. The van der Waals surface area contributed by atoms with Crippen molar-refractivity contribution in [1.29, 1.82) is 0 Å². The first-order valence-electron chi connectivity index (χ1n) is 9.11. The molecule has 0 aliphatic carbocycles. The van der Waals surface area contributed by atoms with Crippen LogP contribution in [-0.4, -0.2) is 35.9 Å². The molecular formula is C21H24BrFN2O3. The monoisotopic (exact) mass is 450 g/mol. The Hall–Kier alpha value is -2.41. The molecule has 0 heterocycles. The number of halogens is 2. The molecule has 2 aromatic rings. The zero-order valence-corrected chi connectivity index (χ0v) is 17.5. The maximum atomic E-state index is 14.1. The number of ether oxygens (including phenoxy) is 1. The maximum Gasteiger partial charge on any atom is 0.261 e. The average molecular weight is 451 g/mol. The second-order valence-corrected chi connectivity index (χ2v) is 7.24. The van der Waals surface area contributed by atoms with Crippen molar-refractivity contribution in [2.75, 3.05) is 13.2 Å². The van der Waals surface area contributed by atoms with Crippen LogP contribution in [-0.2, 0) is 16.1 Å². The first kappa shape index (κ1) is 21.9. The third-order valence-electron chi connectivity index (χ3n) is 4.19. The molecule has 2 aromatic carbocycles. The fourth-order valence-electron chi connectivity index (χ4n) is 2.55. The summed E-state index contributed by atoms with van der Waals surface area (Å²) in [5.74, 6) is -0.568. The Morgan fingerprint density at radius 2 is 1.86 bits per heavy atom. The van der Waals surface area contributed by atoms with Crippen LogP contribution in [0, 0.1) is 5.82 Å². The van der Waals surface area contributed by atoms with E-state index in [9.17, 15) is 14.0 Å². The molecule has 1 unspecified atom stereocenters. The van der Waals surface area contributed by atoms with Gasteiger partial charge in [0.15, 0.2) is 6.61 Å². The molecule has 0 fully saturated rings. The number of hydrogen-bond acceptors (Lipinski definition) is 3. The average Bonchev–Trinajstić information content (AvgIpc) is 2.70. The number of rotatable bonds is 9. The van der Waals surface area contributed by atoms with Gasteiger partial charge in [-0.1, -0.05) is 41.1 Å². The first-order valence-corrected chi connectivity index (χ1v) is 9.90. The van der Waals surface area contributed by atoms with Crippen molar-refractivity contribution in [2.24, 2.45) is 0 Å². The number of hydrogen-bond donors (Lipinski definition) is 1. The molecular weight excluding hydrogens is 427 g/mol. The first-order chi connectivity index (χ1) is 13.4. The van der Waals surface area contributed by atoms with Gasteiger partial charge in [-0.2, -0.15) is 0 Å². The molecule has 150 valence electrons. The zero-order valence-electron chi connectivity index (χ0n) is 16.0. The SMILES string of the molecule is CCCNC(=O)C(C)N(Cc1ccccc1F)C(=O)COc1ccc(Br)cc1. The molecule has 0 saturated carbocycles. The van der Waals surface area contributed by atoms with Gasteiger partial charge < -0.3 is 15.0 Å². The third kappa shape index (κ3) is 6.34. The molecule has 2 amide bonds. The van der Waals surface area contributed by atoms with Crippen LogP contribution in [0.1, 0.15) is 25.8 Å². The van der Waals surface area contributed by atoms with Crippen molar-refractivity contribution in [3.63, 3.8) is 0 Å². The Labute approximate surface area is 173 Å². The van der Waals surface area contributed by atoms with Crippen molar-refractivity contribution in [2.45, 2.75) is 32.9 Å². The summed E-state index contributed by atoms with van der Waals surface area (Å²) in [7, 11) is 0. The maximum absolute atomic E-state index is 14.1. The van der Waals surface area contributed by atoms with Gasteiger partial charge >= 0.3 is 0 Å². The van der Waals surface area contributed by atoms with Crippen molar-refractivity contribution in [1.82, 2.24) is 10.2 Å². The van der Waals surface area contributed by atoms with Gasteiger partial charge in [0.2, 0.25) is 5.91 Å². The van der Waals surface area contributed by atoms with Crippen LogP contribution in [0.25, 0.3) is 0 Å². The van der Waals surface area contributed by atoms with Gasteiger partial charge in [0.25, 0.3) is 5.91 Å². The molecule has 5 nitrogen and oxygen atoms in total. The van der Waals surface area contributed by atoms with Gasteiger partial charge in [-0.15, -0.1) is 0 Å². The lowest BCUT2D eigenvalue weighted by Crippen LogP contribution is -2.49. The van der Waals surface area contributed by atoms with E-state index >= 15 is 0 Å². The minimum Gasteiger partial charge on any atom is -0.484 e. The van der Waals surface area contributed by atoms with Crippen LogP contribution in [0.15, 0.2) is 53.0 Å². The molecule has 0 radical (unpaired) electrons. The van der Waals surface area contributed by atoms with Gasteiger partial charge in [-0.3, -0.25) is 9.59 Å². The van der Waals surface area contributed by atoms with Crippen molar-refractivity contribution >= 4 is 27.7 Å². The molecule has 1 atom stereocenters. The van der Waals surface area contributed by atoms with Gasteiger partial charge in [0.1, 0.15) is 17.6 Å². The molecule has 7 heteroatoms. The quantitative estimate of drug-likeness (QED) is 0.629. The standard InChI is InChI=1S/C21H24BrFN2O3/c1-3-12-24-21(27)15(2)25(13-16-6-4-5-7-19(16)23)20(26)14-28-18-10-8-17(22)9-11-18/h4-11,15H,3,12-14H2,1-2H3,(H,24,27). The molecule has 2 rings (SSSR count). The largest absolute Gasteiger partial charge is 0.484 e. The highest BCUT2D eigenvalue weighted by atomic mass is 79.9. The van der Waals surface area contributed by atoms with E-state index in [1.54, 1.807) is 49.4 Å². The molecule has 0 saturated heterocycles. The van der Waals surface area contributed by atoms with E-state index in [4.69, 9.17) is 4.74 Å². The lowest BCUT2D eigenvalue weighted by Gasteiger charge is -2.28. The number of nitrogens with zero attached hydrogens (tertiary/aromatic N) is 1. The fourth-order valence-corrected chi connectivity index (χ4v) is 2.81. The number of benzene rings is 2. The second kappa shape index (κ2) is 10.8. The third-order valence-corrected chi connectivity index (χ3v) is 4.72. The van der Waals surface area contributed by atoms with Gasteiger partial charge in [0.05, 0.1) is 0 Å². The number of carbonyl (C=O) groups is 2. The van der Waals surface area contributed by atoms with Crippen molar-refractivity contribution < 1.29 is 18.7 Å². The smallest absolute Gasteiger partial charge is 0.261 e. The summed E-state index contributed by atoms with van der Waals surface area (Å²) < 4.78 is 20.5. The lowest BCUT2D eigenvalue weighted by atomic mass is 10.1. The van der Waals surface area contributed by atoms with E-state index in [2.05, 4.69) is 21.2 Å². The highest BCUT2D eigenvalue weighted by Crippen LogP contribution is 2.17. The predicted molar refractivity (Wildman–Crippen MR) is 109 cm³/mol. The van der Waals surface area contributed by atoms with Crippen LogP contribution in [0.3, 0.4) is 0 Å². The molecule has 0 aromatic heterocycles. The van der Waals surface area contributed by atoms with E-state index < -0.39 is 17.8 Å². The summed E-state index contributed by atoms with van der Waals surface area (Å²) in [5.41, 5.74) is 0.342. The fraction of sp³-hybridized carbons (Fsp3) is 0.333. The summed E-state index contributed by atoms with van der Waals surface area (Å²) in [6.45, 7) is 3.82. The molecule has 28 heavy (non-hydrogen) atoms. The van der Waals surface area contributed by atoms with E-state index in [1.807, 2.05) is 6.92 Å². The summed E-state index contributed by atoms with van der Waals surface area (Å²) in [6, 6.07) is 12.5. The summed E-state index contributed by atoms with van der Waals surface area (Å²) in [6.07, 6.45) is 0.784. The Bertz CT molecular complexity index is 798. The van der Waals surface area contributed by atoms with Crippen LogP contribution in [0.5, 0.6) is 5.75 Å².